The van der Waals surface area contributed by atoms with Crippen LogP contribution >= 0.6 is 12.2 Å². The molecule has 0 bridgehead atoms. The van der Waals surface area contributed by atoms with E-state index in [0.29, 0.717) is 10.9 Å². The first-order valence-corrected chi connectivity index (χ1v) is 6.98. The third kappa shape index (κ3) is 2.97. The standard InChI is InChI=1S/C13H24N2OS/c1-4-6-10(5-2)15-12(16)13(11(14)17)7-9(3)8-13/h9-10H,4-8H2,1-3H3,(H2,14,17)(H,15,16). The lowest BCUT2D eigenvalue weighted by Gasteiger charge is -2.44. The maximum atomic E-state index is 12.3. The minimum atomic E-state index is -0.560. The minimum Gasteiger partial charge on any atom is -0.392 e. The van der Waals surface area contributed by atoms with Crippen LogP contribution in [0.3, 0.4) is 0 Å². The molecule has 0 radical (unpaired) electrons. The van der Waals surface area contributed by atoms with Gasteiger partial charge in [-0.2, -0.15) is 0 Å². The zero-order valence-corrected chi connectivity index (χ0v) is 11.9. The maximum Gasteiger partial charge on any atom is 0.233 e. The van der Waals surface area contributed by atoms with Gasteiger partial charge < -0.3 is 11.1 Å². The summed E-state index contributed by atoms with van der Waals surface area (Å²) in [6.45, 7) is 6.36. The SMILES string of the molecule is CCCC(CC)NC(=O)C1(C(N)=S)CC(C)C1. The Morgan fingerprint density at radius 2 is 2.12 bits per heavy atom. The van der Waals surface area contributed by atoms with E-state index in [1.54, 1.807) is 0 Å². The van der Waals surface area contributed by atoms with Crippen LogP contribution in [0.4, 0.5) is 0 Å². The molecule has 0 aromatic heterocycles. The number of amides is 1. The Labute approximate surface area is 110 Å². The first kappa shape index (κ1) is 14.4. The molecule has 0 heterocycles. The Morgan fingerprint density at radius 1 is 1.53 bits per heavy atom. The molecule has 1 fully saturated rings. The highest BCUT2D eigenvalue weighted by atomic mass is 32.1. The summed E-state index contributed by atoms with van der Waals surface area (Å²) in [5, 5.41) is 3.11. The molecule has 17 heavy (non-hydrogen) atoms. The molecule has 0 spiro atoms. The number of carbonyl (C=O) groups excluding carboxylic acids is 1. The van der Waals surface area contributed by atoms with Gasteiger partial charge in [-0.3, -0.25) is 4.79 Å². The summed E-state index contributed by atoms with van der Waals surface area (Å²) in [7, 11) is 0. The van der Waals surface area contributed by atoms with Gasteiger partial charge in [0.1, 0.15) is 0 Å². The summed E-state index contributed by atoms with van der Waals surface area (Å²) in [5.41, 5.74) is 5.20. The van der Waals surface area contributed by atoms with E-state index < -0.39 is 5.41 Å². The zero-order valence-electron chi connectivity index (χ0n) is 11.1. The van der Waals surface area contributed by atoms with Gasteiger partial charge in [-0.25, -0.2) is 0 Å². The topological polar surface area (TPSA) is 55.1 Å². The van der Waals surface area contributed by atoms with Gasteiger partial charge in [0.25, 0.3) is 0 Å². The Hall–Kier alpha value is -0.640. The maximum absolute atomic E-state index is 12.3. The quantitative estimate of drug-likeness (QED) is 0.717. The summed E-state index contributed by atoms with van der Waals surface area (Å²) in [5.74, 6) is 0.594. The van der Waals surface area contributed by atoms with Crippen molar-refractivity contribution < 1.29 is 4.79 Å². The highest BCUT2D eigenvalue weighted by Crippen LogP contribution is 2.46. The lowest BCUT2D eigenvalue weighted by atomic mass is 9.62. The first-order chi connectivity index (χ1) is 7.96. The highest BCUT2D eigenvalue weighted by molar-refractivity contribution is 7.80. The van der Waals surface area contributed by atoms with Crippen molar-refractivity contribution in [3.63, 3.8) is 0 Å². The predicted molar refractivity (Wildman–Crippen MR) is 74.7 cm³/mol. The number of rotatable bonds is 6. The molecule has 1 atom stereocenters. The van der Waals surface area contributed by atoms with Crippen LogP contribution in [-0.4, -0.2) is 16.9 Å². The average molecular weight is 256 g/mol. The van der Waals surface area contributed by atoms with Crippen LogP contribution in [0.15, 0.2) is 0 Å². The largest absolute Gasteiger partial charge is 0.392 e. The second kappa shape index (κ2) is 5.80. The summed E-state index contributed by atoms with van der Waals surface area (Å²) in [4.78, 5) is 12.7. The third-order valence-electron chi connectivity index (χ3n) is 3.77. The second-order valence-corrected chi connectivity index (χ2v) is 5.77. The Bertz CT molecular complexity index is 298. The third-order valence-corrected chi connectivity index (χ3v) is 4.16. The van der Waals surface area contributed by atoms with Gasteiger partial charge in [0.05, 0.1) is 10.4 Å². The van der Waals surface area contributed by atoms with E-state index in [9.17, 15) is 4.79 Å². The fourth-order valence-electron chi connectivity index (χ4n) is 2.68. The molecule has 0 aromatic rings. The lowest BCUT2D eigenvalue weighted by Crippen LogP contribution is -2.57. The molecule has 1 rings (SSSR count). The molecule has 1 saturated carbocycles. The van der Waals surface area contributed by atoms with Crippen molar-refractivity contribution >= 4 is 23.1 Å². The fourth-order valence-corrected chi connectivity index (χ4v) is 2.94. The molecular weight excluding hydrogens is 232 g/mol. The van der Waals surface area contributed by atoms with Crippen LogP contribution in [-0.2, 0) is 4.79 Å². The monoisotopic (exact) mass is 256 g/mol. The average Bonchev–Trinajstić information content (AvgIpc) is 2.23. The number of nitrogens with one attached hydrogen (secondary N) is 1. The fraction of sp³-hybridized carbons (Fsp3) is 0.846. The summed E-state index contributed by atoms with van der Waals surface area (Å²) in [6.07, 6.45) is 4.66. The summed E-state index contributed by atoms with van der Waals surface area (Å²) >= 11 is 5.08. The molecule has 3 nitrogen and oxygen atoms in total. The van der Waals surface area contributed by atoms with Crippen molar-refractivity contribution in [1.82, 2.24) is 5.32 Å². The zero-order chi connectivity index (χ0) is 13.1. The van der Waals surface area contributed by atoms with E-state index in [2.05, 4.69) is 26.1 Å². The van der Waals surface area contributed by atoms with Crippen LogP contribution in [0.25, 0.3) is 0 Å². The minimum absolute atomic E-state index is 0.0448. The van der Waals surface area contributed by atoms with Crippen LogP contribution in [0, 0.1) is 11.3 Å². The molecule has 1 unspecified atom stereocenters. The van der Waals surface area contributed by atoms with Crippen molar-refractivity contribution in [3.05, 3.63) is 0 Å². The van der Waals surface area contributed by atoms with Crippen molar-refractivity contribution in [3.8, 4) is 0 Å². The van der Waals surface area contributed by atoms with E-state index in [-0.39, 0.29) is 11.9 Å². The van der Waals surface area contributed by atoms with Gasteiger partial charge >= 0.3 is 0 Å². The molecule has 4 heteroatoms. The van der Waals surface area contributed by atoms with Gasteiger partial charge in [0, 0.05) is 6.04 Å². The molecule has 0 aliphatic heterocycles. The smallest absolute Gasteiger partial charge is 0.233 e. The van der Waals surface area contributed by atoms with E-state index in [0.717, 1.165) is 32.1 Å². The van der Waals surface area contributed by atoms with Crippen molar-refractivity contribution in [2.45, 2.75) is 58.9 Å². The van der Waals surface area contributed by atoms with E-state index in [4.69, 9.17) is 18.0 Å². The highest BCUT2D eigenvalue weighted by Gasteiger charge is 2.51. The Morgan fingerprint density at radius 3 is 2.47 bits per heavy atom. The molecule has 0 saturated heterocycles. The van der Waals surface area contributed by atoms with Gasteiger partial charge in [-0.15, -0.1) is 0 Å². The van der Waals surface area contributed by atoms with Crippen molar-refractivity contribution in [2.24, 2.45) is 17.1 Å². The number of hydrogen-bond acceptors (Lipinski definition) is 2. The van der Waals surface area contributed by atoms with Gasteiger partial charge in [-0.05, 0) is 31.6 Å². The molecular formula is C13H24N2OS. The number of carbonyl (C=O) groups is 1. The predicted octanol–water partition coefficient (Wildman–Crippen LogP) is 2.38. The van der Waals surface area contributed by atoms with Crippen molar-refractivity contribution in [2.75, 3.05) is 0 Å². The summed E-state index contributed by atoms with van der Waals surface area (Å²) < 4.78 is 0. The summed E-state index contributed by atoms with van der Waals surface area (Å²) in [6, 6.07) is 0.259. The van der Waals surface area contributed by atoms with Crippen LogP contribution in [0.1, 0.15) is 52.9 Å². The second-order valence-electron chi connectivity index (χ2n) is 5.33. The molecule has 1 aliphatic rings. The lowest BCUT2D eigenvalue weighted by molar-refractivity contribution is -0.133. The molecule has 3 N–H and O–H groups in total. The number of thiocarbonyl (C=S) groups is 1. The number of nitrogens with two attached hydrogens (primary N) is 1. The van der Waals surface area contributed by atoms with Crippen LogP contribution < -0.4 is 11.1 Å². The molecule has 98 valence electrons. The van der Waals surface area contributed by atoms with Gasteiger partial charge in [0.2, 0.25) is 5.91 Å². The Kier molecular flexibility index (Phi) is 4.92. The van der Waals surface area contributed by atoms with Crippen LogP contribution in [0.2, 0.25) is 0 Å². The normalized spacial score (nSPS) is 29.2. The number of hydrogen-bond donors (Lipinski definition) is 2. The first-order valence-electron chi connectivity index (χ1n) is 6.57. The molecule has 1 amide bonds. The van der Waals surface area contributed by atoms with Gasteiger partial charge in [0.15, 0.2) is 0 Å². The van der Waals surface area contributed by atoms with E-state index in [1.165, 1.54) is 0 Å². The molecule has 0 aromatic carbocycles. The van der Waals surface area contributed by atoms with E-state index in [1.807, 2.05) is 0 Å². The van der Waals surface area contributed by atoms with E-state index >= 15 is 0 Å². The van der Waals surface area contributed by atoms with Crippen LogP contribution in [0.5, 0.6) is 0 Å². The Balaban J connectivity index is 2.64. The molecule has 1 aliphatic carbocycles. The van der Waals surface area contributed by atoms with Crippen molar-refractivity contribution in [1.29, 1.82) is 0 Å². The van der Waals surface area contributed by atoms with Gasteiger partial charge in [-0.1, -0.05) is 39.4 Å².